The van der Waals surface area contributed by atoms with E-state index in [1.165, 1.54) is 88.4 Å². The van der Waals surface area contributed by atoms with Crippen molar-refractivity contribution in [3.63, 3.8) is 0 Å². The van der Waals surface area contributed by atoms with Gasteiger partial charge in [0.25, 0.3) is 0 Å². The summed E-state index contributed by atoms with van der Waals surface area (Å²) in [6, 6.07) is 18.6. The van der Waals surface area contributed by atoms with Gasteiger partial charge in [-0.15, -0.1) is 0 Å². The summed E-state index contributed by atoms with van der Waals surface area (Å²) < 4.78 is 2.16. The van der Waals surface area contributed by atoms with Crippen molar-refractivity contribution in [2.24, 2.45) is 0 Å². The largest absolute Gasteiger partial charge is 0.331 e. The average Bonchev–Trinajstić information content (AvgIpc) is 3.02. The number of quaternary nitrogens is 2. The van der Waals surface area contributed by atoms with Crippen LogP contribution in [-0.2, 0) is 5.41 Å². The molecule has 0 radical (unpaired) electrons. The number of rotatable bonds is 14. The Kier molecular flexibility index (Phi) is 8.81. The van der Waals surface area contributed by atoms with E-state index in [0.717, 1.165) is 8.97 Å². The molecule has 0 saturated heterocycles. The molecule has 0 bridgehead atoms. The van der Waals surface area contributed by atoms with Crippen LogP contribution in [0, 0.1) is 0 Å². The van der Waals surface area contributed by atoms with Crippen LogP contribution in [-0.4, -0.2) is 64.3 Å². The normalized spacial score (nSPS) is 14.8. The van der Waals surface area contributed by atoms with Crippen molar-refractivity contribution in [3.8, 4) is 11.1 Å². The minimum atomic E-state index is 0.216. The van der Waals surface area contributed by atoms with Gasteiger partial charge >= 0.3 is 0 Å². The average molecular weight is 451 g/mol. The summed E-state index contributed by atoms with van der Waals surface area (Å²) in [4.78, 5) is 0. The molecule has 182 valence electrons. The Balaban J connectivity index is 1.68. The van der Waals surface area contributed by atoms with Crippen LogP contribution in [0.2, 0.25) is 0 Å². The molecule has 0 fully saturated rings. The molecule has 0 spiro atoms. The molecule has 2 aromatic carbocycles. The molecule has 0 saturated carbocycles. The second-order valence-corrected chi connectivity index (χ2v) is 12.5. The van der Waals surface area contributed by atoms with Gasteiger partial charge in [-0.1, -0.05) is 74.2 Å². The molecule has 0 atom stereocenters. The highest BCUT2D eigenvalue weighted by atomic mass is 15.3. The maximum atomic E-state index is 2.43. The lowest BCUT2D eigenvalue weighted by molar-refractivity contribution is -0.870. The Labute approximate surface area is 204 Å². The van der Waals surface area contributed by atoms with Gasteiger partial charge in [-0.3, -0.25) is 0 Å². The van der Waals surface area contributed by atoms with Gasteiger partial charge in [0.2, 0.25) is 0 Å². The van der Waals surface area contributed by atoms with Gasteiger partial charge in [-0.2, -0.15) is 0 Å². The number of nitrogens with zero attached hydrogens (tertiary/aromatic N) is 2. The first-order chi connectivity index (χ1) is 15.6. The van der Waals surface area contributed by atoms with Gasteiger partial charge in [0.15, 0.2) is 0 Å². The molecule has 0 heterocycles. The van der Waals surface area contributed by atoms with Crippen molar-refractivity contribution in [1.29, 1.82) is 0 Å². The van der Waals surface area contributed by atoms with Gasteiger partial charge in [-0.05, 0) is 60.8 Å². The third kappa shape index (κ3) is 7.17. The van der Waals surface area contributed by atoms with Crippen molar-refractivity contribution >= 4 is 0 Å². The zero-order valence-electron chi connectivity index (χ0n) is 22.5. The van der Waals surface area contributed by atoms with Crippen molar-refractivity contribution < 1.29 is 8.97 Å². The fourth-order valence-corrected chi connectivity index (χ4v) is 5.81. The van der Waals surface area contributed by atoms with E-state index in [1.54, 1.807) is 11.1 Å². The van der Waals surface area contributed by atoms with Crippen molar-refractivity contribution in [2.75, 3.05) is 55.4 Å². The SMILES string of the molecule is C[N+](C)(C)CCCCCCC1(CCCCCC[N+](C)(C)C)c2ccccc2-c2ccccc21. The fraction of sp³-hybridized carbons (Fsp3) is 0.613. The Hall–Kier alpha value is -1.64. The number of hydrogen-bond acceptors (Lipinski definition) is 0. The molecule has 0 aromatic heterocycles. The minimum absolute atomic E-state index is 0.216. The first-order valence-corrected chi connectivity index (χ1v) is 13.4. The van der Waals surface area contributed by atoms with Crippen LogP contribution >= 0.6 is 0 Å². The van der Waals surface area contributed by atoms with Crippen molar-refractivity contribution in [1.82, 2.24) is 0 Å². The first kappa shape index (κ1) is 26.0. The fourth-order valence-electron chi connectivity index (χ4n) is 5.81. The van der Waals surface area contributed by atoms with E-state index >= 15 is 0 Å². The smallest absolute Gasteiger partial charge is 0.0780 e. The summed E-state index contributed by atoms with van der Waals surface area (Å²) in [6.07, 6.45) is 13.4. The summed E-state index contributed by atoms with van der Waals surface area (Å²) in [5.41, 5.74) is 6.40. The van der Waals surface area contributed by atoms with Gasteiger partial charge in [0.05, 0.1) is 55.4 Å². The van der Waals surface area contributed by atoms with Crippen LogP contribution in [0.4, 0.5) is 0 Å². The van der Waals surface area contributed by atoms with E-state index in [-0.39, 0.29) is 5.41 Å². The van der Waals surface area contributed by atoms with E-state index < -0.39 is 0 Å². The molecule has 1 aliphatic rings. The van der Waals surface area contributed by atoms with Crippen molar-refractivity contribution in [3.05, 3.63) is 59.7 Å². The van der Waals surface area contributed by atoms with Gasteiger partial charge < -0.3 is 8.97 Å². The van der Waals surface area contributed by atoms with E-state index in [2.05, 4.69) is 90.8 Å². The van der Waals surface area contributed by atoms with Crippen molar-refractivity contribution in [2.45, 2.75) is 69.6 Å². The van der Waals surface area contributed by atoms with E-state index in [9.17, 15) is 0 Å². The molecular formula is C31H50N2+2. The number of benzene rings is 2. The maximum absolute atomic E-state index is 2.43. The van der Waals surface area contributed by atoms with Crippen LogP contribution in [0.5, 0.6) is 0 Å². The molecule has 2 nitrogen and oxygen atoms in total. The molecule has 2 heteroatoms. The second kappa shape index (κ2) is 11.2. The van der Waals surface area contributed by atoms with Gasteiger partial charge in [-0.25, -0.2) is 0 Å². The third-order valence-corrected chi connectivity index (χ3v) is 7.54. The standard InChI is InChI=1S/C31H50N2/c1-32(2,3)25-17-9-7-15-23-31(24-16-8-10-18-26-33(4,5)6)29-21-13-11-19-27(29)28-20-12-14-22-30(28)31/h11-14,19-22H,7-10,15-18,23-26H2,1-6H3/q+2. The van der Waals surface area contributed by atoms with E-state index in [4.69, 9.17) is 0 Å². The lowest BCUT2D eigenvalue weighted by Gasteiger charge is -2.33. The Morgan fingerprint density at radius 3 is 1.24 bits per heavy atom. The predicted molar refractivity (Wildman–Crippen MR) is 145 cm³/mol. The topological polar surface area (TPSA) is 0 Å². The summed E-state index contributed by atoms with van der Waals surface area (Å²) in [5, 5.41) is 0. The first-order valence-electron chi connectivity index (χ1n) is 13.4. The lowest BCUT2D eigenvalue weighted by atomic mass is 9.70. The van der Waals surface area contributed by atoms with Crippen LogP contribution in [0.25, 0.3) is 11.1 Å². The molecule has 33 heavy (non-hydrogen) atoms. The van der Waals surface area contributed by atoms with E-state index in [0.29, 0.717) is 0 Å². The van der Waals surface area contributed by atoms with Crippen LogP contribution in [0.1, 0.15) is 75.3 Å². The highest BCUT2D eigenvalue weighted by Crippen LogP contribution is 2.53. The number of unbranched alkanes of at least 4 members (excludes halogenated alkanes) is 6. The Bertz CT molecular complexity index is 795. The molecular weight excluding hydrogens is 400 g/mol. The monoisotopic (exact) mass is 450 g/mol. The quantitative estimate of drug-likeness (QED) is 0.210. The van der Waals surface area contributed by atoms with Gasteiger partial charge in [0.1, 0.15) is 0 Å². The van der Waals surface area contributed by atoms with Gasteiger partial charge in [0, 0.05) is 5.41 Å². The van der Waals surface area contributed by atoms with Crippen LogP contribution < -0.4 is 0 Å². The lowest BCUT2D eigenvalue weighted by Crippen LogP contribution is -2.35. The summed E-state index contributed by atoms with van der Waals surface area (Å²) in [6.45, 7) is 2.56. The molecule has 0 N–H and O–H groups in total. The molecule has 2 aromatic rings. The van der Waals surface area contributed by atoms with Crippen LogP contribution in [0.15, 0.2) is 48.5 Å². The molecule has 3 rings (SSSR count). The number of fused-ring (bicyclic) bond motifs is 3. The predicted octanol–water partition coefficient (Wildman–Crippen LogP) is 7.27. The maximum Gasteiger partial charge on any atom is 0.0780 e. The molecule has 0 amide bonds. The number of hydrogen-bond donors (Lipinski definition) is 0. The second-order valence-electron chi connectivity index (χ2n) is 12.5. The minimum Gasteiger partial charge on any atom is -0.331 e. The van der Waals surface area contributed by atoms with Crippen LogP contribution in [0.3, 0.4) is 0 Å². The Morgan fingerprint density at radius 2 is 0.848 bits per heavy atom. The molecule has 0 unspecified atom stereocenters. The summed E-state index contributed by atoms with van der Waals surface area (Å²) >= 11 is 0. The summed E-state index contributed by atoms with van der Waals surface area (Å²) in [5.74, 6) is 0. The van der Waals surface area contributed by atoms with E-state index in [1.807, 2.05) is 0 Å². The molecule has 0 aliphatic heterocycles. The highest BCUT2D eigenvalue weighted by Gasteiger charge is 2.41. The summed E-state index contributed by atoms with van der Waals surface area (Å²) in [7, 11) is 13.8. The molecule has 1 aliphatic carbocycles. The third-order valence-electron chi connectivity index (χ3n) is 7.54. The highest BCUT2D eigenvalue weighted by molar-refractivity contribution is 5.80. The zero-order chi connectivity index (χ0) is 24.0. The zero-order valence-corrected chi connectivity index (χ0v) is 22.5. The Morgan fingerprint density at radius 1 is 0.485 bits per heavy atom.